The highest BCUT2D eigenvalue weighted by Gasteiger charge is 2.15. The van der Waals surface area contributed by atoms with Crippen LogP contribution in [0.1, 0.15) is 44.6 Å². The molecule has 1 aromatic rings. The van der Waals surface area contributed by atoms with Crippen LogP contribution in [0.2, 0.25) is 0 Å². The molecule has 2 unspecified atom stereocenters. The quantitative estimate of drug-likeness (QED) is 0.711. The minimum absolute atomic E-state index is 0.517. The zero-order chi connectivity index (χ0) is 13.5. The molecule has 1 radical (unpaired) electrons. The predicted molar refractivity (Wildman–Crippen MR) is 76.3 cm³/mol. The summed E-state index contributed by atoms with van der Waals surface area (Å²) in [6.07, 6.45) is 3.38. The Balaban J connectivity index is 2.92. The molecule has 0 N–H and O–H groups in total. The van der Waals surface area contributed by atoms with Crippen LogP contribution in [0.5, 0.6) is 11.5 Å². The summed E-state index contributed by atoms with van der Waals surface area (Å²) in [7, 11) is 3.34. The van der Waals surface area contributed by atoms with Gasteiger partial charge in [-0.3, -0.25) is 0 Å². The number of hydrogen-bond acceptors (Lipinski definition) is 2. The number of rotatable bonds is 7. The van der Waals surface area contributed by atoms with E-state index in [1.165, 1.54) is 5.56 Å². The molecule has 0 spiro atoms. The van der Waals surface area contributed by atoms with Crippen molar-refractivity contribution in [2.24, 2.45) is 5.92 Å². The molecule has 1 rings (SSSR count). The summed E-state index contributed by atoms with van der Waals surface area (Å²) in [4.78, 5) is 0. The summed E-state index contributed by atoms with van der Waals surface area (Å²) in [6, 6.07) is 6.22. The molecule has 0 aliphatic heterocycles. The molecule has 18 heavy (non-hydrogen) atoms. The van der Waals surface area contributed by atoms with Gasteiger partial charge in [0, 0.05) is 0 Å². The van der Waals surface area contributed by atoms with Gasteiger partial charge in [0.1, 0.15) is 0 Å². The van der Waals surface area contributed by atoms with Crippen LogP contribution in [0.25, 0.3) is 0 Å². The number of hydrogen-bond donors (Lipinski definition) is 0. The smallest absolute Gasteiger partial charge is 0.160 e. The SMILES string of the molecule is [CH2]C(CC)CC(CC)c1ccc(OC)c(OC)c1. The molecular formula is C16H25O2. The van der Waals surface area contributed by atoms with E-state index in [9.17, 15) is 0 Å². The van der Waals surface area contributed by atoms with Crippen molar-refractivity contribution in [3.63, 3.8) is 0 Å². The Kier molecular flexibility index (Phi) is 6.03. The molecule has 0 saturated heterocycles. The van der Waals surface area contributed by atoms with Gasteiger partial charge in [-0.15, -0.1) is 0 Å². The Morgan fingerprint density at radius 1 is 1.06 bits per heavy atom. The van der Waals surface area contributed by atoms with E-state index in [1.807, 2.05) is 6.07 Å². The van der Waals surface area contributed by atoms with E-state index in [2.05, 4.69) is 32.9 Å². The molecule has 0 saturated carbocycles. The van der Waals surface area contributed by atoms with Gasteiger partial charge in [-0.05, 0) is 42.4 Å². The molecule has 2 atom stereocenters. The summed E-state index contributed by atoms with van der Waals surface area (Å²) >= 11 is 0. The standard InChI is InChI=1S/C16H25O2/c1-6-12(3)10-13(7-2)14-8-9-15(17-4)16(11-14)18-5/h8-9,11-13H,3,6-7,10H2,1-2,4-5H3. The van der Waals surface area contributed by atoms with Crippen LogP contribution in [0.15, 0.2) is 18.2 Å². The number of benzene rings is 1. The molecular weight excluding hydrogens is 224 g/mol. The summed E-state index contributed by atoms with van der Waals surface area (Å²) in [5.74, 6) is 2.67. The molecule has 0 aliphatic carbocycles. The molecule has 0 bridgehead atoms. The van der Waals surface area contributed by atoms with Crippen molar-refractivity contribution in [2.45, 2.75) is 39.0 Å². The highest BCUT2D eigenvalue weighted by molar-refractivity contribution is 5.43. The van der Waals surface area contributed by atoms with E-state index < -0.39 is 0 Å². The first-order chi connectivity index (χ1) is 8.65. The fraction of sp³-hybridized carbons (Fsp3) is 0.562. The monoisotopic (exact) mass is 249 g/mol. The van der Waals surface area contributed by atoms with Crippen molar-refractivity contribution in [1.29, 1.82) is 0 Å². The summed E-state index contributed by atoms with van der Waals surface area (Å²) in [5, 5.41) is 0. The van der Waals surface area contributed by atoms with E-state index in [4.69, 9.17) is 9.47 Å². The second-order valence-electron chi connectivity index (χ2n) is 4.73. The molecule has 0 fully saturated rings. The van der Waals surface area contributed by atoms with Gasteiger partial charge < -0.3 is 9.47 Å². The van der Waals surface area contributed by atoms with Crippen LogP contribution < -0.4 is 9.47 Å². The first-order valence-electron chi connectivity index (χ1n) is 6.71. The second-order valence-corrected chi connectivity index (χ2v) is 4.73. The zero-order valence-electron chi connectivity index (χ0n) is 12.0. The topological polar surface area (TPSA) is 18.5 Å². The van der Waals surface area contributed by atoms with E-state index in [0.717, 1.165) is 30.8 Å². The van der Waals surface area contributed by atoms with Crippen molar-refractivity contribution < 1.29 is 9.47 Å². The normalized spacial score (nSPS) is 14.1. The van der Waals surface area contributed by atoms with E-state index in [-0.39, 0.29) is 0 Å². The van der Waals surface area contributed by atoms with Crippen LogP contribution in [-0.4, -0.2) is 14.2 Å². The van der Waals surface area contributed by atoms with Crippen LogP contribution in [0, 0.1) is 12.8 Å². The van der Waals surface area contributed by atoms with Gasteiger partial charge in [0.2, 0.25) is 0 Å². The molecule has 0 aromatic heterocycles. The molecule has 0 heterocycles. The third-order valence-electron chi connectivity index (χ3n) is 3.57. The largest absolute Gasteiger partial charge is 0.493 e. The lowest BCUT2D eigenvalue weighted by atomic mass is 9.86. The van der Waals surface area contributed by atoms with Gasteiger partial charge in [-0.1, -0.05) is 33.3 Å². The molecule has 2 nitrogen and oxygen atoms in total. The van der Waals surface area contributed by atoms with Gasteiger partial charge in [-0.2, -0.15) is 0 Å². The maximum absolute atomic E-state index is 5.36. The van der Waals surface area contributed by atoms with Crippen molar-refractivity contribution >= 4 is 0 Å². The van der Waals surface area contributed by atoms with Gasteiger partial charge in [0.25, 0.3) is 0 Å². The molecule has 2 heteroatoms. The van der Waals surface area contributed by atoms with Crippen molar-refractivity contribution in [1.82, 2.24) is 0 Å². The predicted octanol–water partition coefficient (Wildman–Crippen LogP) is 4.45. The summed E-state index contributed by atoms with van der Waals surface area (Å²) in [5.41, 5.74) is 1.32. The Morgan fingerprint density at radius 2 is 1.72 bits per heavy atom. The third-order valence-corrected chi connectivity index (χ3v) is 3.57. The maximum Gasteiger partial charge on any atom is 0.160 e. The molecule has 101 valence electrons. The Hall–Kier alpha value is -1.18. The fourth-order valence-corrected chi connectivity index (χ4v) is 2.21. The lowest BCUT2D eigenvalue weighted by Gasteiger charge is -2.20. The minimum Gasteiger partial charge on any atom is -0.493 e. The third kappa shape index (κ3) is 3.66. The molecule has 0 amide bonds. The Labute approximate surface area is 111 Å². The minimum atomic E-state index is 0.517. The van der Waals surface area contributed by atoms with Gasteiger partial charge in [0.15, 0.2) is 11.5 Å². The average Bonchev–Trinajstić information content (AvgIpc) is 2.43. The first kappa shape index (κ1) is 14.9. The summed E-state index contributed by atoms with van der Waals surface area (Å²) in [6.45, 7) is 8.61. The van der Waals surface area contributed by atoms with Gasteiger partial charge in [-0.25, -0.2) is 0 Å². The van der Waals surface area contributed by atoms with Gasteiger partial charge in [0.05, 0.1) is 14.2 Å². The Morgan fingerprint density at radius 3 is 2.22 bits per heavy atom. The van der Waals surface area contributed by atoms with Crippen LogP contribution >= 0.6 is 0 Å². The first-order valence-corrected chi connectivity index (χ1v) is 6.71. The zero-order valence-corrected chi connectivity index (χ0v) is 12.0. The molecule has 0 aliphatic rings. The average molecular weight is 249 g/mol. The highest BCUT2D eigenvalue weighted by atomic mass is 16.5. The highest BCUT2D eigenvalue weighted by Crippen LogP contribution is 2.34. The number of methoxy groups -OCH3 is 2. The fourth-order valence-electron chi connectivity index (χ4n) is 2.21. The van der Waals surface area contributed by atoms with Crippen molar-refractivity contribution in [2.75, 3.05) is 14.2 Å². The van der Waals surface area contributed by atoms with E-state index in [1.54, 1.807) is 14.2 Å². The Bertz CT molecular complexity index is 360. The van der Waals surface area contributed by atoms with Gasteiger partial charge >= 0.3 is 0 Å². The van der Waals surface area contributed by atoms with E-state index >= 15 is 0 Å². The molecule has 1 aromatic carbocycles. The van der Waals surface area contributed by atoms with Crippen molar-refractivity contribution in [3.8, 4) is 11.5 Å². The lowest BCUT2D eigenvalue weighted by molar-refractivity contribution is 0.353. The second kappa shape index (κ2) is 7.30. The van der Waals surface area contributed by atoms with Crippen LogP contribution in [0.4, 0.5) is 0 Å². The lowest BCUT2D eigenvalue weighted by Crippen LogP contribution is -2.04. The number of ether oxygens (including phenoxy) is 2. The van der Waals surface area contributed by atoms with Crippen LogP contribution in [-0.2, 0) is 0 Å². The maximum atomic E-state index is 5.36. The van der Waals surface area contributed by atoms with Crippen molar-refractivity contribution in [3.05, 3.63) is 30.7 Å². The van der Waals surface area contributed by atoms with E-state index in [0.29, 0.717) is 11.8 Å². The summed E-state index contributed by atoms with van der Waals surface area (Å²) < 4.78 is 10.6. The van der Waals surface area contributed by atoms with Crippen LogP contribution in [0.3, 0.4) is 0 Å².